The van der Waals surface area contributed by atoms with Crippen LogP contribution in [0.1, 0.15) is 11.1 Å². The third kappa shape index (κ3) is 2.04. The van der Waals surface area contributed by atoms with Gasteiger partial charge in [0.2, 0.25) is 0 Å². The molecular weight excluding hydrogens is 164 g/mol. The molecule has 0 aromatic heterocycles. The third-order valence-corrected chi connectivity index (χ3v) is 3.51. The lowest BCUT2D eigenvalue weighted by Gasteiger charge is -2.05. The average Bonchev–Trinajstić information content (AvgIpc) is 1.99. The number of hydrogen-bond donors (Lipinski definition) is 0. The van der Waals surface area contributed by atoms with Crippen LogP contribution >= 0.6 is 0 Å². The van der Waals surface area contributed by atoms with Crippen LogP contribution in [-0.4, -0.2) is 19.8 Å². The van der Waals surface area contributed by atoms with Crippen LogP contribution in [0, 0.1) is 13.8 Å². The van der Waals surface area contributed by atoms with Crippen molar-refractivity contribution in [1.82, 2.24) is 0 Å². The van der Waals surface area contributed by atoms with Crippen LogP contribution in [0.3, 0.4) is 0 Å². The van der Waals surface area contributed by atoms with Crippen molar-refractivity contribution >= 4 is 24.9 Å². The van der Waals surface area contributed by atoms with Gasteiger partial charge in [0.25, 0.3) is 0 Å². The minimum absolute atomic E-state index is 0.896. The molecule has 0 heterocycles. The Hall–Kier alpha value is -0.346. The lowest BCUT2D eigenvalue weighted by atomic mass is 10.1. The molecular formula is C9H11Si2. The molecule has 1 aromatic rings. The highest BCUT2D eigenvalue weighted by Crippen LogP contribution is 2.01. The van der Waals surface area contributed by atoms with E-state index in [9.17, 15) is 0 Å². The van der Waals surface area contributed by atoms with Crippen LogP contribution in [0.2, 0.25) is 5.67 Å². The van der Waals surface area contributed by atoms with Crippen molar-refractivity contribution in [2.24, 2.45) is 0 Å². The smallest absolute Gasteiger partial charge is 0.0671 e. The second-order valence-corrected chi connectivity index (χ2v) is 4.91. The molecule has 0 bridgehead atoms. The maximum atomic E-state index is 3.50. The number of rotatable bonds is 2. The molecule has 1 rings (SSSR count). The molecule has 11 heavy (non-hydrogen) atoms. The van der Waals surface area contributed by atoms with E-state index in [1.807, 2.05) is 0 Å². The first kappa shape index (κ1) is 8.75. The summed E-state index contributed by atoms with van der Waals surface area (Å²) in [5.41, 5.74) is 3.92. The minimum atomic E-state index is 0.896. The van der Waals surface area contributed by atoms with Gasteiger partial charge in [0.15, 0.2) is 0 Å². The van der Waals surface area contributed by atoms with Gasteiger partial charge in [-0.05, 0) is 25.0 Å². The first-order chi connectivity index (χ1) is 5.25. The molecule has 0 unspecified atom stereocenters. The van der Waals surface area contributed by atoms with Crippen molar-refractivity contribution in [1.29, 1.82) is 0 Å². The highest BCUT2D eigenvalue weighted by Gasteiger charge is 1.98. The highest BCUT2D eigenvalue weighted by molar-refractivity contribution is 6.60. The molecule has 0 saturated carbocycles. The van der Waals surface area contributed by atoms with Gasteiger partial charge in [0.05, 0.1) is 9.52 Å². The Morgan fingerprint density at radius 3 is 2.73 bits per heavy atom. The summed E-state index contributed by atoms with van der Waals surface area (Å²) in [4.78, 5) is 0. The zero-order chi connectivity index (χ0) is 8.27. The molecule has 0 atom stereocenters. The van der Waals surface area contributed by atoms with Gasteiger partial charge in [0, 0.05) is 10.2 Å². The van der Waals surface area contributed by atoms with E-state index in [0.717, 1.165) is 15.2 Å². The Balaban J connectivity index is 2.96. The first-order valence-electron chi connectivity index (χ1n) is 3.70. The quantitative estimate of drug-likeness (QED) is 0.592. The van der Waals surface area contributed by atoms with E-state index in [2.05, 4.69) is 42.3 Å². The monoisotopic (exact) mass is 175 g/mol. The second-order valence-electron chi connectivity index (χ2n) is 2.60. The molecule has 0 nitrogen and oxygen atoms in total. The summed E-state index contributed by atoms with van der Waals surface area (Å²) in [7, 11) is 4.40. The predicted molar refractivity (Wildman–Crippen MR) is 51.9 cm³/mol. The second kappa shape index (κ2) is 3.88. The summed E-state index contributed by atoms with van der Waals surface area (Å²) in [6.07, 6.45) is 0. The molecule has 0 N–H and O–H groups in total. The standard InChI is InChI=1S/C9H11Si2/c1-7-4-3-5-9(8(7)2)11-6-10/h3-5H,6H2,1-2H3. The van der Waals surface area contributed by atoms with Crippen molar-refractivity contribution in [3.63, 3.8) is 0 Å². The van der Waals surface area contributed by atoms with E-state index in [1.165, 1.54) is 16.3 Å². The zero-order valence-corrected chi connectivity index (χ0v) is 8.94. The van der Waals surface area contributed by atoms with Crippen molar-refractivity contribution in [2.75, 3.05) is 0 Å². The van der Waals surface area contributed by atoms with Gasteiger partial charge in [-0.1, -0.05) is 29.1 Å². The molecule has 5 radical (unpaired) electrons. The van der Waals surface area contributed by atoms with E-state index in [0.29, 0.717) is 0 Å². The van der Waals surface area contributed by atoms with E-state index >= 15 is 0 Å². The van der Waals surface area contributed by atoms with Gasteiger partial charge < -0.3 is 0 Å². The molecule has 0 amide bonds. The van der Waals surface area contributed by atoms with Gasteiger partial charge in [-0.25, -0.2) is 0 Å². The normalized spacial score (nSPS) is 10.1. The van der Waals surface area contributed by atoms with Gasteiger partial charge in [-0.15, -0.1) is 0 Å². The number of benzene rings is 1. The summed E-state index contributed by atoms with van der Waals surface area (Å²) in [6.45, 7) is 4.36. The molecule has 0 saturated heterocycles. The Labute approximate surface area is 74.3 Å². The van der Waals surface area contributed by atoms with Gasteiger partial charge in [-0.3, -0.25) is 0 Å². The summed E-state index contributed by atoms with van der Waals surface area (Å²) in [5.74, 6) is 0. The van der Waals surface area contributed by atoms with Crippen molar-refractivity contribution in [2.45, 2.75) is 19.5 Å². The Morgan fingerprint density at radius 1 is 1.36 bits per heavy atom. The lowest BCUT2D eigenvalue weighted by Crippen LogP contribution is -2.17. The maximum Gasteiger partial charge on any atom is 0.0775 e. The summed E-state index contributed by atoms with van der Waals surface area (Å²) >= 11 is 0. The maximum absolute atomic E-state index is 3.50. The number of aryl methyl sites for hydroxylation is 1. The molecule has 0 aliphatic rings. The summed E-state index contributed by atoms with van der Waals surface area (Å²) in [6, 6.07) is 6.50. The van der Waals surface area contributed by atoms with Crippen LogP contribution < -0.4 is 5.19 Å². The minimum Gasteiger partial charge on any atom is -0.0671 e. The topological polar surface area (TPSA) is 0 Å². The molecule has 55 valence electrons. The Bertz CT molecular complexity index is 243. The summed E-state index contributed by atoms with van der Waals surface area (Å²) in [5, 5.41) is 1.49. The van der Waals surface area contributed by atoms with Crippen LogP contribution in [-0.2, 0) is 0 Å². The van der Waals surface area contributed by atoms with Crippen molar-refractivity contribution in [3.8, 4) is 0 Å². The van der Waals surface area contributed by atoms with Crippen molar-refractivity contribution < 1.29 is 0 Å². The number of hydrogen-bond acceptors (Lipinski definition) is 0. The molecule has 0 aliphatic heterocycles. The average molecular weight is 175 g/mol. The summed E-state index contributed by atoms with van der Waals surface area (Å²) < 4.78 is 0. The first-order valence-corrected chi connectivity index (χ1v) is 5.62. The molecule has 0 spiro atoms. The van der Waals surface area contributed by atoms with E-state index in [4.69, 9.17) is 0 Å². The predicted octanol–water partition coefficient (Wildman–Crippen LogP) is 1.18. The fraction of sp³-hybridized carbons (Fsp3) is 0.333. The van der Waals surface area contributed by atoms with E-state index < -0.39 is 0 Å². The largest absolute Gasteiger partial charge is 0.0775 e. The van der Waals surface area contributed by atoms with Crippen LogP contribution in [0.4, 0.5) is 0 Å². The molecule has 0 fully saturated rings. The van der Waals surface area contributed by atoms with Crippen LogP contribution in [0.5, 0.6) is 0 Å². The van der Waals surface area contributed by atoms with Gasteiger partial charge >= 0.3 is 0 Å². The van der Waals surface area contributed by atoms with Gasteiger partial charge in [-0.2, -0.15) is 0 Å². The van der Waals surface area contributed by atoms with E-state index in [1.54, 1.807) is 0 Å². The fourth-order valence-electron chi connectivity index (χ4n) is 1.04. The van der Waals surface area contributed by atoms with Crippen LogP contribution in [0.15, 0.2) is 18.2 Å². The lowest BCUT2D eigenvalue weighted by molar-refractivity contribution is 1.37. The molecule has 2 heteroatoms. The van der Waals surface area contributed by atoms with Gasteiger partial charge in [0.1, 0.15) is 0 Å². The Morgan fingerprint density at radius 2 is 2.09 bits per heavy atom. The fourth-order valence-corrected chi connectivity index (χ4v) is 2.48. The Kier molecular flexibility index (Phi) is 3.08. The van der Waals surface area contributed by atoms with E-state index in [-0.39, 0.29) is 0 Å². The molecule has 0 aliphatic carbocycles. The SMILES string of the molecule is Cc1cccc([Si]C[Si])c1C. The third-order valence-electron chi connectivity index (χ3n) is 1.88. The van der Waals surface area contributed by atoms with Crippen molar-refractivity contribution in [3.05, 3.63) is 29.3 Å². The zero-order valence-electron chi connectivity index (χ0n) is 6.94. The highest BCUT2D eigenvalue weighted by atomic mass is 28.2. The molecule has 1 aromatic carbocycles. The van der Waals surface area contributed by atoms with Crippen LogP contribution in [0.25, 0.3) is 0 Å².